The smallest absolute Gasteiger partial charge is 0.385 e. The van der Waals surface area contributed by atoms with Crippen LogP contribution < -0.4 is 5.32 Å². The van der Waals surface area contributed by atoms with Gasteiger partial charge in [-0.2, -0.15) is 17.5 Å². The molecule has 1 amide bonds. The number of rotatable bonds is 8. The highest BCUT2D eigenvalue weighted by molar-refractivity contribution is 7.89. The van der Waals surface area contributed by atoms with Crippen LogP contribution in [0.15, 0.2) is 53.4 Å². The molecular formula is C25H32F3N3O3S. The van der Waals surface area contributed by atoms with Crippen LogP contribution in [0.4, 0.5) is 18.9 Å². The number of nitrogens with zero attached hydrogens (tertiary/aromatic N) is 2. The van der Waals surface area contributed by atoms with Gasteiger partial charge in [-0.3, -0.25) is 4.79 Å². The van der Waals surface area contributed by atoms with E-state index in [9.17, 15) is 26.4 Å². The number of nitrogens with one attached hydrogen (secondary N) is 1. The number of benzene rings is 2. The van der Waals surface area contributed by atoms with Gasteiger partial charge in [0.1, 0.15) is 0 Å². The van der Waals surface area contributed by atoms with Crippen molar-refractivity contribution < 1.29 is 26.4 Å². The largest absolute Gasteiger partial charge is 0.416 e. The summed E-state index contributed by atoms with van der Waals surface area (Å²) >= 11 is 0. The second-order valence-electron chi connectivity index (χ2n) is 9.11. The molecule has 10 heteroatoms. The van der Waals surface area contributed by atoms with Gasteiger partial charge in [0, 0.05) is 43.8 Å². The second-order valence-corrected chi connectivity index (χ2v) is 11.0. The number of sulfonamides is 1. The van der Waals surface area contributed by atoms with Crippen molar-refractivity contribution in [3.8, 4) is 0 Å². The van der Waals surface area contributed by atoms with Crippen LogP contribution in [0.3, 0.4) is 0 Å². The average Bonchev–Trinajstić information content (AvgIpc) is 2.79. The predicted octanol–water partition coefficient (Wildman–Crippen LogP) is 4.91. The maximum Gasteiger partial charge on any atom is 0.416 e. The zero-order chi connectivity index (χ0) is 25.8. The summed E-state index contributed by atoms with van der Waals surface area (Å²) in [7, 11) is -4.15. The minimum Gasteiger partial charge on any atom is -0.385 e. The highest BCUT2D eigenvalue weighted by Crippen LogP contribution is 2.33. The van der Waals surface area contributed by atoms with Gasteiger partial charge in [0.05, 0.1) is 10.5 Å². The molecule has 1 saturated heterocycles. The van der Waals surface area contributed by atoms with Crippen molar-refractivity contribution in [2.75, 3.05) is 25.0 Å². The summed E-state index contributed by atoms with van der Waals surface area (Å²) in [5, 5.41) is 3.24. The molecule has 2 aromatic rings. The zero-order valence-electron chi connectivity index (χ0n) is 20.2. The molecule has 0 aliphatic carbocycles. The fourth-order valence-electron chi connectivity index (χ4n) is 4.45. The minimum absolute atomic E-state index is 0.0135. The Morgan fingerprint density at radius 2 is 1.77 bits per heavy atom. The summed E-state index contributed by atoms with van der Waals surface area (Å²) in [5.41, 5.74) is 1.07. The maximum absolute atomic E-state index is 13.3. The van der Waals surface area contributed by atoms with Crippen molar-refractivity contribution in [2.24, 2.45) is 0 Å². The van der Waals surface area contributed by atoms with E-state index in [1.807, 2.05) is 31.2 Å². The van der Waals surface area contributed by atoms with Crippen LogP contribution >= 0.6 is 0 Å². The molecular weight excluding hydrogens is 479 g/mol. The van der Waals surface area contributed by atoms with Crippen molar-refractivity contribution in [3.05, 3.63) is 59.7 Å². The highest BCUT2D eigenvalue weighted by atomic mass is 32.2. The first-order valence-corrected chi connectivity index (χ1v) is 13.1. The van der Waals surface area contributed by atoms with Crippen molar-refractivity contribution in [3.63, 3.8) is 0 Å². The third-order valence-corrected chi connectivity index (χ3v) is 8.23. The number of carbonyl (C=O) groups excluding carboxylic acids is 1. The molecule has 6 nitrogen and oxygen atoms in total. The number of halogens is 3. The fraction of sp³-hybridized carbons (Fsp3) is 0.480. The van der Waals surface area contributed by atoms with Crippen LogP contribution in [-0.4, -0.2) is 55.2 Å². The lowest BCUT2D eigenvalue weighted by Gasteiger charge is -2.39. The number of hydrogen-bond acceptors (Lipinski definition) is 4. The van der Waals surface area contributed by atoms with E-state index in [4.69, 9.17) is 0 Å². The van der Waals surface area contributed by atoms with Crippen LogP contribution in [0, 0.1) is 6.92 Å². The van der Waals surface area contributed by atoms with Crippen molar-refractivity contribution in [1.82, 2.24) is 9.21 Å². The van der Waals surface area contributed by atoms with Crippen LogP contribution in [0.5, 0.6) is 0 Å². The van der Waals surface area contributed by atoms with E-state index >= 15 is 0 Å². The molecule has 0 radical (unpaired) electrons. The molecule has 1 fully saturated rings. The lowest BCUT2D eigenvalue weighted by molar-refractivity contribution is -0.137. The topological polar surface area (TPSA) is 69.7 Å². The first kappa shape index (κ1) is 27.0. The zero-order valence-corrected chi connectivity index (χ0v) is 21.0. The summed E-state index contributed by atoms with van der Waals surface area (Å²) < 4.78 is 67.4. The van der Waals surface area contributed by atoms with E-state index in [-0.39, 0.29) is 10.8 Å². The Hall–Kier alpha value is -2.59. The van der Waals surface area contributed by atoms with Gasteiger partial charge >= 0.3 is 6.18 Å². The molecule has 1 N–H and O–H groups in total. The van der Waals surface area contributed by atoms with E-state index < -0.39 is 33.8 Å². The van der Waals surface area contributed by atoms with Crippen molar-refractivity contribution in [2.45, 2.75) is 63.2 Å². The highest BCUT2D eigenvalue weighted by Gasteiger charge is 2.38. The van der Waals surface area contributed by atoms with E-state index in [0.29, 0.717) is 45.0 Å². The Morgan fingerprint density at radius 1 is 1.11 bits per heavy atom. The summed E-state index contributed by atoms with van der Waals surface area (Å²) in [6, 6.07) is 10.9. The van der Waals surface area contributed by atoms with E-state index in [0.717, 1.165) is 23.4 Å². The SMILES string of the molecule is Cc1cccc(NCCC(=O)N2CCC(N(C(C)C)S(=O)(=O)c3cccc(C(F)(F)F)c3)CC2)c1. The van der Waals surface area contributed by atoms with E-state index in [1.54, 1.807) is 18.7 Å². The standard InChI is InChI=1S/C25H32F3N3O3S/c1-18(2)31(35(33,34)23-9-5-7-20(17-23)25(26,27)28)22-11-14-30(15-12-22)24(32)10-13-29-21-8-4-6-19(3)16-21/h4-9,16-18,22,29H,10-15H2,1-3H3. The molecule has 0 aromatic heterocycles. The number of anilines is 1. The molecule has 0 unspecified atom stereocenters. The Kier molecular flexibility index (Phi) is 8.48. The molecule has 0 saturated carbocycles. The van der Waals surface area contributed by atoms with Gasteiger partial charge in [0.25, 0.3) is 0 Å². The van der Waals surface area contributed by atoms with E-state index in [2.05, 4.69) is 5.32 Å². The van der Waals surface area contributed by atoms with Gasteiger partial charge < -0.3 is 10.2 Å². The first-order chi connectivity index (χ1) is 16.4. The van der Waals surface area contributed by atoms with Gasteiger partial charge in [-0.15, -0.1) is 0 Å². The van der Waals surface area contributed by atoms with Crippen molar-refractivity contribution in [1.29, 1.82) is 0 Å². The number of amides is 1. The van der Waals surface area contributed by atoms with Crippen LogP contribution in [-0.2, 0) is 21.0 Å². The number of carbonyl (C=O) groups is 1. The summed E-state index contributed by atoms with van der Waals surface area (Å²) in [4.78, 5) is 14.0. The summed E-state index contributed by atoms with van der Waals surface area (Å²) in [6.45, 7) is 6.70. The maximum atomic E-state index is 13.3. The molecule has 35 heavy (non-hydrogen) atoms. The quantitative estimate of drug-likeness (QED) is 0.547. The number of hydrogen-bond donors (Lipinski definition) is 1. The molecule has 0 bridgehead atoms. The average molecular weight is 512 g/mol. The Bertz CT molecular complexity index is 1130. The molecule has 1 aliphatic rings. The summed E-state index contributed by atoms with van der Waals surface area (Å²) in [6.07, 6.45) is -3.47. The van der Waals surface area contributed by atoms with Gasteiger partial charge in [-0.1, -0.05) is 18.2 Å². The number of aryl methyl sites for hydroxylation is 1. The van der Waals surface area contributed by atoms with Gasteiger partial charge in [-0.05, 0) is 69.5 Å². The summed E-state index contributed by atoms with van der Waals surface area (Å²) in [5.74, 6) is -0.0135. The normalized spacial score (nSPS) is 15.6. The lowest BCUT2D eigenvalue weighted by atomic mass is 10.0. The number of piperidine rings is 1. The minimum atomic E-state index is -4.63. The molecule has 3 rings (SSSR count). The van der Waals surface area contributed by atoms with E-state index in [1.165, 1.54) is 10.4 Å². The van der Waals surface area contributed by atoms with Crippen LogP contribution in [0.2, 0.25) is 0 Å². The van der Waals surface area contributed by atoms with Crippen LogP contribution in [0.1, 0.15) is 44.2 Å². The van der Waals surface area contributed by atoms with Crippen LogP contribution in [0.25, 0.3) is 0 Å². The Morgan fingerprint density at radius 3 is 2.37 bits per heavy atom. The van der Waals surface area contributed by atoms with Gasteiger partial charge in [0.15, 0.2) is 0 Å². The Labute approximate surface area is 205 Å². The number of likely N-dealkylation sites (tertiary alicyclic amines) is 1. The third kappa shape index (κ3) is 6.76. The monoisotopic (exact) mass is 511 g/mol. The van der Waals surface area contributed by atoms with Gasteiger partial charge in [-0.25, -0.2) is 8.42 Å². The second kappa shape index (κ2) is 11.0. The first-order valence-electron chi connectivity index (χ1n) is 11.7. The predicted molar refractivity (Wildman–Crippen MR) is 129 cm³/mol. The molecule has 0 atom stereocenters. The fourth-order valence-corrected chi connectivity index (χ4v) is 6.37. The number of alkyl halides is 3. The van der Waals surface area contributed by atoms with Gasteiger partial charge in [0.2, 0.25) is 15.9 Å². The third-order valence-electron chi connectivity index (χ3n) is 6.11. The molecule has 0 spiro atoms. The Balaban J connectivity index is 1.62. The van der Waals surface area contributed by atoms with Crippen molar-refractivity contribution >= 4 is 21.6 Å². The molecule has 1 heterocycles. The molecule has 1 aliphatic heterocycles. The molecule has 192 valence electrons. The molecule has 2 aromatic carbocycles. The lowest BCUT2D eigenvalue weighted by Crippen LogP contribution is -2.51.